The first-order valence-electron chi connectivity index (χ1n) is 5.66. The average molecular weight is 259 g/mol. The summed E-state index contributed by atoms with van der Waals surface area (Å²) in [5.41, 5.74) is 1.31. The maximum atomic E-state index is 11.1. The summed E-state index contributed by atoms with van der Waals surface area (Å²) in [6, 6.07) is 8.63. The second-order valence-corrected chi connectivity index (χ2v) is 3.83. The highest BCUT2D eigenvalue weighted by atomic mass is 16.6. The molecule has 0 unspecified atom stereocenters. The molecule has 0 saturated carbocycles. The number of benzene rings is 1. The predicted octanol–water partition coefficient (Wildman–Crippen LogP) is 2.61. The van der Waals surface area contributed by atoms with Gasteiger partial charge >= 0.3 is 5.69 Å². The topological polar surface area (TPSA) is 77.3 Å². The highest BCUT2D eigenvalue weighted by molar-refractivity contribution is 5.68. The number of rotatable bonds is 5. The molecule has 1 N–H and O–H groups in total. The van der Waals surface area contributed by atoms with Crippen molar-refractivity contribution in [3.8, 4) is 5.75 Å². The largest absolute Gasteiger partial charge is 0.490 e. The van der Waals surface area contributed by atoms with Crippen LogP contribution >= 0.6 is 0 Å². The lowest BCUT2D eigenvalue weighted by molar-refractivity contribution is -0.384. The normalized spacial score (nSPS) is 9.95. The standard InChI is InChI=1S/C13H13N3O3/c1-19-12-6-2-5-11(13(12)16(17)18)15-9-10-4-3-7-14-8-10/h2-8,15H,9H2,1H3. The molecule has 1 aromatic heterocycles. The Bertz CT molecular complexity index is 573. The van der Waals surface area contributed by atoms with E-state index in [9.17, 15) is 10.1 Å². The third kappa shape index (κ3) is 2.98. The van der Waals surface area contributed by atoms with Crippen molar-refractivity contribution in [3.63, 3.8) is 0 Å². The zero-order chi connectivity index (χ0) is 13.7. The van der Waals surface area contributed by atoms with Gasteiger partial charge in [-0.3, -0.25) is 15.1 Å². The second kappa shape index (κ2) is 5.81. The minimum absolute atomic E-state index is 0.0612. The van der Waals surface area contributed by atoms with E-state index in [4.69, 9.17) is 4.74 Å². The number of nitrogens with zero attached hydrogens (tertiary/aromatic N) is 2. The Labute approximate surface area is 110 Å². The van der Waals surface area contributed by atoms with Crippen molar-refractivity contribution in [2.45, 2.75) is 6.54 Å². The Hall–Kier alpha value is -2.63. The molecule has 0 bridgehead atoms. The van der Waals surface area contributed by atoms with Gasteiger partial charge in [0, 0.05) is 18.9 Å². The van der Waals surface area contributed by atoms with Gasteiger partial charge in [0.25, 0.3) is 0 Å². The van der Waals surface area contributed by atoms with Crippen molar-refractivity contribution >= 4 is 11.4 Å². The molecule has 0 aliphatic rings. The Morgan fingerprint density at radius 1 is 1.37 bits per heavy atom. The number of aromatic nitrogens is 1. The van der Waals surface area contributed by atoms with E-state index in [2.05, 4.69) is 10.3 Å². The van der Waals surface area contributed by atoms with Crippen molar-refractivity contribution in [1.29, 1.82) is 0 Å². The molecular formula is C13H13N3O3. The molecule has 6 heteroatoms. The van der Waals surface area contributed by atoms with Crippen LogP contribution in [0.5, 0.6) is 5.75 Å². The average Bonchev–Trinajstić information content (AvgIpc) is 2.45. The Balaban J connectivity index is 2.23. The van der Waals surface area contributed by atoms with E-state index < -0.39 is 4.92 Å². The molecule has 0 spiro atoms. The second-order valence-electron chi connectivity index (χ2n) is 3.83. The molecule has 0 saturated heterocycles. The van der Waals surface area contributed by atoms with Crippen LogP contribution in [-0.2, 0) is 6.54 Å². The molecule has 0 atom stereocenters. The third-order valence-electron chi connectivity index (χ3n) is 2.61. The van der Waals surface area contributed by atoms with Crippen LogP contribution in [-0.4, -0.2) is 17.0 Å². The quantitative estimate of drug-likeness (QED) is 0.659. The van der Waals surface area contributed by atoms with Gasteiger partial charge in [0.05, 0.1) is 12.0 Å². The predicted molar refractivity (Wildman–Crippen MR) is 71.2 cm³/mol. The fraction of sp³-hybridized carbons (Fsp3) is 0.154. The maximum absolute atomic E-state index is 11.1. The van der Waals surface area contributed by atoms with Gasteiger partial charge in [-0.1, -0.05) is 12.1 Å². The lowest BCUT2D eigenvalue weighted by Gasteiger charge is -2.09. The number of nitrogens with one attached hydrogen (secondary N) is 1. The molecule has 98 valence electrons. The number of pyridine rings is 1. The summed E-state index contributed by atoms with van der Waals surface area (Å²) in [7, 11) is 1.41. The van der Waals surface area contributed by atoms with Crippen LogP contribution in [0.3, 0.4) is 0 Å². The fourth-order valence-corrected chi connectivity index (χ4v) is 1.72. The number of nitro benzene ring substituents is 1. The van der Waals surface area contributed by atoms with Crippen LogP contribution in [0.1, 0.15) is 5.56 Å². The van der Waals surface area contributed by atoms with Gasteiger partial charge < -0.3 is 10.1 Å². The maximum Gasteiger partial charge on any atom is 0.333 e. The van der Waals surface area contributed by atoms with Crippen LogP contribution in [0.4, 0.5) is 11.4 Å². The number of hydrogen-bond acceptors (Lipinski definition) is 5. The Morgan fingerprint density at radius 3 is 2.84 bits per heavy atom. The van der Waals surface area contributed by atoms with E-state index in [0.717, 1.165) is 5.56 Å². The summed E-state index contributed by atoms with van der Waals surface area (Å²) in [6.07, 6.45) is 3.39. The zero-order valence-electron chi connectivity index (χ0n) is 10.4. The minimum atomic E-state index is -0.454. The molecule has 2 aromatic rings. The van der Waals surface area contributed by atoms with Gasteiger partial charge in [0.15, 0.2) is 5.75 Å². The minimum Gasteiger partial charge on any atom is -0.490 e. The lowest BCUT2D eigenvalue weighted by atomic mass is 10.2. The first-order valence-corrected chi connectivity index (χ1v) is 5.66. The van der Waals surface area contributed by atoms with Gasteiger partial charge in [-0.05, 0) is 23.8 Å². The molecule has 2 rings (SSSR count). The third-order valence-corrected chi connectivity index (χ3v) is 2.61. The number of methoxy groups -OCH3 is 1. The molecule has 19 heavy (non-hydrogen) atoms. The molecule has 0 aliphatic heterocycles. The van der Waals surface area contributed by atoms with E-state index in [0.29, 0.717) is 12.2 Å². The molecule has 1 heterocycles. The van der Waals surface area contributed by atoms with Crippen molar-refractivity contribution in [2.75, 3.05) is 12.4 Å². The molecule has 0 amide bonds. The molecule has 6 nitrogen and oxygen atoms in total. The summed E-state index contributed by atoms with van der Waals surface area (Å²) in [6.45, 7) is 0.460. The van der Waals surface area contributed by atoms with E-state index in [1.54, 1.807) is 30.6 Å². The van der Waals surface area contributed by atoms with Crippen molar-refractivity contribution in [2.24, 2.45) is 0 Å². The van der Waals surface area contributed by atoms with Gasteiger partial charge in [-0.2, -0.15) is 0 Å². The van der Waals surface area contributed by atoms with Crippen molar-refractivity contribution < 1.29 is 9.66 Å². The Kier molecular flexibility index (Phi) is 3.92. The number of ether oxygens (including phenoxy) is 1. The monoisotopic (exact) mass is 259 g/mol. The summed E-state index contributed by atoms with van der Waals surface area (Å²) < 4.78 is 5.01. The number of nitro groups is 1. The van der Waals surface area contributed by atoms with Crippen LogP contribution in [0.2, 0.25) is 0 Å². The van der Waals surface area contributed by atoms with Crippen molar-refractivity contribution in [3.05, 3.63) is 58.4 Å². The highest BCUT2D eigenvalue weighted by Crippen LogP contribution is 2.34. The summed E-state index contributed by atoms with van der Waals surface area (Å²) in [5.74, 6) is 0.237. The zero-order valence-corrected chi connectivity index (χ0v) is 10.4. The lowest BCUT2D eigenvalue weighted by Crippen LogP contribution is -2.04. The summed E-state index contributed by atoms with van der Waals surface area (Å²) in [5, 5.41) is 14.1. The molecule has 0 aliphatic carbocycles. The van der Waals surface area contributed by atoms with Gasteiger partial charge in [0.1, 0.15) is 5.69 Å². The van der Waals surface area contributed by atoms with Gasteiger partial charge in [-0.25, -0.2) is 0 Å². The molecule has 0 fully saturated rings. The number of anilines is 1. The first-order chi connectivity index (χ1) is 9.22. The molecule has 0 radical (unpaired) electrons. The summed E-state index contributed by atoms with van der Waals surface area (Å²) in [4.78, 5) is 14.6. The molecule has 1 aromatic carbocycles. The summed E-state index contributed by atoms with van der Waals surface area (Å²) >= 11 is 0. The van der Waals surface area contributed by atoms with Crippen LogP contribution in [0.25, 0.3) is 0 Å². The van der Waals surface area contributed by atoms with Crippen molar-refractivity contribution in [1.82, 2.24) is 4.98 Å². The van der Waals surface area contributed by atoms with Crippen LogP contribution in [0, 0.1) is 10.1 Å². The van der Waals surface area contributed by atoms with Gasteiger partial charge in [-0.15, -0.1) is 0 Å². The van der Waals surface area contributed by atoms with E-state index in [1.807, 2.05) is 12.1 Å². The SMILES string of the molecule is COc1cccc(NCc2cccnc2)c1[N+](=O)[O-]. The molecular weight excluding hydrogens is 246 g/mol. The highest BCUT2D eigenvalue weighted by Gasteiger charge is 2.19. The first kappa shape index (κ1) is 12.8. The van der Waals surface area contributed by atoms with E-state index in [1.165, 1.54) is 7.11 Å². The Morgan fingerprint density at radius 2 is 2.21 bits per heavy atom. The van der Waals surface area contributed by atoms with Crippen LogP contribution < -0.4 is 10.1 Å². The number of hydrogen-bond donors (Lipinski definition) is 1. The van der Waals surface area contributed by atoms with Gasteiger partial charge in [0.2, 0.25) is 0 Å². The fourth-order valence-electron chi connectivity index (χ4n) is 1.72. The van der Waals surface area contributed by atoms with E-state index >= 15 is 0 Å². The van der Waals surface area contributed by atoms with E-state index in [-0.39, 0.29) is 11.4 Å². The van der Waals surface area contributed by atoms with Crippen LogP contribution in [0.15, 0.2) is 42.7 Å². The smallest absolute Gasteiger partial charge is 0.333 e. The number of para-hydroxylation sites is 1.